The molecule has 0 radical (unpaired) electrons. The van der Waals surface area contributed by atoms with Gasteiger partial charge in [-0.3, -0.25) is 0 Å². The third-order valence-corrected chi connectivity index (χ3v) is 2.81. The molecule has 0 bridgehead atoms. The molecule has 20 heavy (non-hydrogen) atoms. The minimum atomic E-state index is -4.80. The number of rotatable bonds is 3. The fourth-order valence-corrected chi connectivity index (χ4v) is 1.89. The van der Waals surface area contributed by atoms with Crippen molar-refractivity contribution in [1.82, 2.24) is 0 Å². The summed E-state index contributed by atoms with van der Waals surface area (Å²) in [6.45, 7) is 0. The average Bonchev–Trinajstić information content (AvgIpc) is 2.38. The summed E-state index contributed by atoms with van der Waals surface area (Å²) in [6, 6.07) is 14.0. The van der Waals surface area contributed by atoms with Crippen LogP contribution in [0.2, 0.25) is 0 Å². The van der Waals surface area contributed by atoms with Gasteiger partial charge in [-0.15, -0.1) is 13.2 Å². The second-order valence-electron chi connectivity index (χ2n) is 4.28. The van der Waals surface area contributed by atoms with Gasteiger partial charge < -0.3 is 16.2 Å². The van der Waals surface area contributed by atoms with Gasteiger partial charge in [0.05, 0.1) is 0 Å². The van der Waals surface area contributed by atoms with Crippen LogP contribution in [0.15, 0.2) is 54.6 Å². The van der Waals surface area contributed by atoms with Crippen LogP contribution < -0.4 is 16.2 Å². The van der Waals surface area contributed by atoms with E-state index in [0.29, 0.717) is 5.56 Å². The van der Waals surface area contributed by atoms with Crippen molar-refractivity contribution >= 4 is 0 Å². The number of nitrogens with two attached hydrogens (primary N) is 2. The van der Waals surface area contributed by atoms with Crippen LogP contribution in [0.5, 0.6) is 5.75 Å². The highest BCUT2D eigenvalue weighted by atomic mass is 19.4. The molecule has 0 saturated heterocycles. The molecule has 0 unspecified atom stereocenters. The van der Waals surface area contributed by atoms with Gasteiger partial charge in [-0.1, -0.05) is 48.5 Å². The number of hydrogen-bond donors (Lipinski definition) is 2. The van der Waals surface area contributed by atoms with Crippen molar-refractivity contribution in [3.8, 4) is 5.75 Å². The minimum Gasteiger partial charge on any atom is -0.405 e. The fraction of sp³-hybridized carbons (Fsp3) is 0.143. The lowest BCUT2D eigenvalue weighted by Gasteiger charge is -2.28. The van der Waals surface area contributed by atoms with E-state index in [9.17, 15) is 13.2 Å². The Morgan fingerprint density at radius 1 is 0.800 bits per heavy atom. The van der Waals surface area contributed by atoms with Crippen LogP contribution in [0.1, 0.15) is 11.1 Å². The molecule has 2 rings (SSSR count). The van der Waals surface area contributed by atoms with E-state index >= 15 is 0 Å². The zero-order chi connectivity index (χ0) is 14.8. The molecule has 0 saturated carbocycles. The number of alkyl halides is 3. The lowest BCUT2D eigenvalue weighted by atomic mass is 9.92. The molecule has 0 amide bonds. The Labute approximate surface area is 114 Å². The first-order valence-electron chi connectivity index (χ1n) is 5.79. The molecule has 0 fully saturated rings. The molecule has 6 heteroatoms. The first-order chi connectivity index (χ1) is 9.31. The average molecular weight is 282 g/mol. The molecular formula is C14H13F3N2O. The monoisotopic (exact) mass is 282 g/mol. The molecule has 0 heterocycles. The number of ether oxygens (including phenoxy) is 1. The number of hydrogen-bond acceptors (Lipinski definition) is 3. The topological polar surface area (TPSA) is 61.3 Å². The van der Waals surface area contributed by atoms with Gasteiger partial charge >= 0.3 is 6.36 Å². The zero-order valence-corrected chi connectivity index (χ0v) is 10.4. The Balaban J connectivity index is 2.47. The highest BCUT2D eigenvalue weighted by Gasteiger charge is 2.35. The van der Waals surface area contributed by atoms with Gasteiger partial charge in [0, 0.05) is 5.56 Å². The van der Waals surface area contributed by atoms with Gasteiger partial charge in [-0.2, -0.15) is 0 Å². The van der Waals surface area contributed by atoms with Crippen LogP contribution in [0.25, 0.3) is 0 Å². The lowest BCUT2D eigenvalue weighted by molar-refractivity contribution is -0.275. The zero-order valence-electron chi connectivity index (χ0n) is 10.4. The standard InChI is InChI=1S/C14H13F3N2O/c15-14(16,17)20-12-9-5-4-8-11(12)13(18,19)10-6-2-1-3-7-10/h1-9H,18-19H2. The molecule has 0 aliphatic carbocycles. The van der Waals surface area contributed by atoms with Crippen molar-refractivity contribution in [3.63, 3.8) is 0 Å². The smallest absolute Gasteiger partial charge is 0.405 e. The van der Waals surface area contributed by atoms with E-state index in [1.54, 1.807) is 36.4 Å². The van der Waals surface area contributed by atoms with Crippen LogP contribution in [0.4, 0.5) is 13.2 Å². The Hall–Kier alpha value is -2.05. The van der Waals surface area contributed by atoms with Gasteiger partial charge in [0.2, 0.25) is 0 Å². The van der Waals surface area contributed by atoms with Crippen molar-refractivity contribution in [2.75, 3.05) is 0 Å². The fourth-order valence-electron chi connectivity index (χ4n) is 1.89. The maximum absolute atomic E-state index is 12.4. The summed E-state index contributed by atoms with van der Waals surface area (Å²) in [5.74, 6) is -0.408. The molecule has 0 aliphatic heterocycles. The molecule has 106 valence electrons. The minimum absolute atomic E-state index is 0.0588. The number of benzene rings is 2. The summed E-state index contributed by atoms with van der Waals surface area (Å²) < 4.78 is 41.2. The molecule has 0 aromatic heterocycles. The number of halogens is 3. The third-order valence-electron chi connectivity index (χ3n) is 2.81. The highest BCUT2D eigenvalue weighted by Crippen LogP contribution is 2.33. The summed E-state index contributed by atoms with van der Waals surface area (Å²) in [5.41, 5.74) is 11.0. The van der Waals surface area contributed by atoms with Crippen LogP contribution >= 0.6 is 0 Å². The molecule has 2 aromatic carbocycles. The van der Waals surface area contributed by atoms with E-state index in [-0.39, 0.29) is 5.56 Å². The van der Waals surface area contributed by atoms with E-state index in [4.69, 9.17) is 11.5 Å². The van der Waals surface area contributed by atoms with E-state index < -0.39 is 17.8 Å². The summed E-state index contributed by atoms with van der Waals surface area (Å²) in [5, 5.41) is 0. The second kappa shape index (κ2) is 5.15. The van der Waals surface area contributed by atoms with Gasteiger partial charge in [0.1, 0.15) is 11.4 Å². The van der Waals surface area contributed by atoms with Crippen molar-refractivity contribution < 1.29 is 17.9 Å². The van der Waals surface area contributed by atoms with Crippen molar-refractivity contribution in [3.05, 3.63) is 65.7 Å². The van der Waals surface area contributed by atoms with E-state index in [1.165, 1.54) is 18.2 Å². The van der Waals surface area contributed by atoms with E-state index in [2.05, 4.69) is 4.74 Å². The molecule has 3 nitrogen and oxygen atoms in total. The van der Waals surface area contributed by atoms with Crippen LogP contribution in [0.3, 0.4) is 0 Å². The second-order valence-corrected chi connectivity index (χ2v) is 4.28. The highest BCUT2D eigenvalue weighted by molar-refractivity contribution is 5.45. The quantitative estimate of drug-likeness (QED) is 0.851. The summed E-state index contributed by atoms with van der Waals surface area (Å²) in [7, 11) is 0. The van der Waals surface area contributed by atoms with Crippen LogP contribution in [0, 0.1) is 0 Å². The molecule has 4 N–H and O–H groups in total. The maximum atomic E-state index is 12.4. The number of para-hydroxylation sites is 1. The van der Waals surface area contributed by atoms with Gasteiger partial charge in [-0.05, 0) is 11.6 Å². The largest absolute Gasteiger partial charge is 0.573 e. The van der Waals surface area contributed by atoms with Gasteiger partial charge in [0.15, 0.2) is 0 Å². The van der Waals surface area contributed by atoms with Crippen molar-refractivity contribution in [1.29, 1.82) is 0 Å². The van der Waals surface area contributed by atoms with Gasteiger partial charge in [-0.25, -0.2) is 0 Å². The molecule has 0 spiro atoms. The molecule has 0 aliphatic rings. The molecule has 0 atom stereocenters. The maximum Gasteiger partial charge on any atom is 0.573 e. The van der Waals surface area contributed by atoms with E-state index in [0.717, 1.165) is 0 Å². The molecule has 2 aromatic rings. The predicted octanol–water partition coefficient (Wildman–Crippen LogP) is 2.70. The first-order valence-corrected chi connectivity index (χ1v) is 5.79. The normalized spacial score (nSPS) is 12.2. The van der Waals surface area contributed by atoms with Crippen molar-refractivity contribution in [2.45, 2.75) is 12.0 Å². The summed E-state index contributed by atoms with van der Waals surface area (Å²) in [6.07, 6.45) is -4.80. The van der Waals surface area contributed by atoms with Crippen LogP contribution in [-0.2, 0) is 5.66 Å². The Morgan fingerprint density at radius 3 is 1.95 bits per heavy atom. The van der Waals surface area contributed by atoms with Crippen molar-refractivity contribution in [2.24, 2.45) is 11.5 Å². The Bertz CT molecular complexity index is 582. The lowest BCUT2D eigenvalue weighted by Crippen LogP contribution is -2.47. The first kappa shape index (κ1) is 14.4. The Kier molecular flexibility index (Phi) is 3.69. The summed E-state index contributed by atoms with van der Waals surface area (Å²) in [4.78, 5) is 0. The predicted molar refractivity (Wildman–Crippen MR) is 68.7 cm³/mol. The summed E-state index contributed by atoms with van der Waals surface area (Å²) >= 11 is 0. The SMILES string of the molecule is NC(N)(c1ccccc1)c1ccccc1OC(F)(F)F. The third kappa shape index (κ3) is 3.09. The Morgan fingerprint density at radius 2 is 1.35 bits per heavy atom. The van der Waals surface area contributed by atoms with Gasteiger partial charge in [0.25, 0.3) is 0 Å². The van der Waals surface area contributed by atoms with E-state index in [1.807, 2.05) is 0 Å². The molecular weight excluding hydrogens is 269 g/mol. The van der Waals surface area contributed by atoms with Crippen LogP contribution in [-0.4, -0.2) is 6.36 Å².